The van der Waals surface area contributed by atoms with Gasteiger partial charge in [-0.2, -0.15) is 0 Å². The molecule has 2 aromatic rings. The topological polar surface area (TPSA) is 30.7 Å². The summed E-state index contributed by atoms with van der Waals surface area (Å²) in [4.78, 5) is 8.97. The van der Waals surface area contributed by atoms with Crippen LogP contribution in [0.15, 0.2) is 16.9 Å². The van der Waals surface area contributed by atoms with Gasteiger partial charge in [-0.3, -0.25) is 4.98 Å². The largest absolute Gasteiger partial charge is 0.324 e. The molecule has 0 atom stereocenters. The van der Waals surface area contributed by atoms with Gasteiger partial charge in [-0.1, -0.05) is 0 Å². The van der Waals surface area contributed by atoms with Crippen LogP contribution in [0.3, 0.4) is 0 Å². The van der Waals surface area contributed by atoms with Crippen molar-refractivity contribution in [3.63, 3.8) is 0 Å². The first-order valence-corrected chi connectivity index (χ1v) is 6.65. The van der Waals surface area contributed by atoms with Crippen molar-refractivity contribution in [3.8, 4) is 0 Å². The fraction of sp³-hybridized carbons (Fsp3) is 0.500. The number of hydrogen-bond acceptors (Lipinski definition) is 2. The minimum Gasteiger partial charge on any atom is -0.324 e. The van der Waals surface area contributed by atoms with Crippen LogP contribution in [0.25, 0.3) is 11.0 Å². The molecule has 2 aliphatic carbocycles. The van der Waals surface area contributed by atoms with Gasteiger partial charge in [0.05, 0.1) is 16.2 Å². The maximum atomic E-state index is 4.77. The molecule has 3 nitrogen and oxygen atoms in total. The van der Waals surface area contributed by atoms with Gasteiger partial charge in [-0.25, -0.2) is 4.98 Å². The number of aromatic nitrogens is 3. The van der Waals surface area contributed by atoms with Gasteiger partial charge in [0, 0.05) is 18.2 Å². The highest BCUT2D eigenvalue weighted by Gasteiger charge is 2.35. The summed E-state index contributed by atoms with van der Waals surface area (Å²) >= 11 is 3.60. The van der Waals surface area contributed by atoms with Crippen LogP contribution in [-0.4, -0.2) is 14.5 Å². The number of pyridine rings is 1. The highest BCUT2D eigenvalue weighted by Crippen LogP contribution is 2.47. The molecule has 0 aliphatic heterocycles. The third-order valence-corrected chi connectivity index (χ3v) is 4.01. The average molecular weight is 278 g/mol. The van der Waals surface area contributed by atoms with Crippen LogP contribution in [0, 0.1) is 0 Å². The van der Waals surface area contributed by atoms with Crippen LogP contribution in [0.5, 0.6) is 0 Å². The van der Waals surface area contributed by atoms with E-state index in [2.05, 4.69) is 25.5 Å². The van der Waals surface area contributed by atoms with Crippen molar-refractivity contribution >= 4 is 27.0 Å². The third kappa shape index (κ3) is 1.25. The van der Waals surface area contributed by atoms with Crippen LogP contribution < -0.4 is 0 Å². The second-order valence-electron chi connectivity index (χ2n) is 4.83. The summed E-state index contributed by atoms with van der Waals surface area (Å²) in [7, 11) is 0. The van der Waals surface area contributed by atoms with E-state index in [0.29, 0.717) is 12.0 Å². The van der Waals surface area contributed by atoms with E-state index in [-0.39, 0.29) is 0 Å². The van der Waals surface area contributed by atoms with Gasteiger partial charge >= 0.3 is 0 Å². The first-order chi connectivity index (χ1) is 7.84. The molecule has 0 N–H and O–H groups in total. The summed E-state index contributed by atoms with van der Waals surface area (Å²) in [5, 5.41) is 0. The molecule has 0 amide bonds. The predicted octanol–water partition coefficient (Wildman–Crippen LogP) is 3.41. The van der Waals surface area contributed by atoms with Crippen LogP contribution in [0.1, 0.15) is 43.5 Å². The Balaban J connectivity index is 2.05. The van der Waals surface area contributed by atoms with Gasteiger partial charge in [-0.05, 0) is 41.6 Å². The van der Waals surface area contributed by atoms with E-state index in [1.807, 2.05) is 12.4 Å². The summed E-state index contributed by atoms with van der Waals surface area (Å²) in [5.74, 6) is 2.01. The van der Waals surface area contributed by atoms with E-state index in [0.717, 1.165) is 9.99 Å². The lowest BCUT2D eigenvalue weighted by atomic mass is 10.3. The molecule has 16 heavy (non-hydrogen) atoms. The van der Waals surface area contributed by atoms with Crippen LogP contribution >= 0.6 is 15.9 Å². The van der Waals surface area contributed by atoms with Crippen LogP contribution in [0.2, 0.25) is 0 Å². The minimum atomic E-state index is 0.694. The molecule has 2 aliphatic rings. The van der Waals surface area contributed by atoms with E-state index in [4.69, 9.17) is 4.98 Å². The summed E-state index contributed by atoms with van der Waals surface area (Å²) < 4.78 is 3.54. The summed E-state index contributed by atoms with van der Waals surface area (Å²) in [6.07, 6.45) is 8.98. The Labute approximate surface area is 102 Å². The van der Waals surface area contributed by atoms with Gasteiger partial charge in [-0.15, -0.1) is 0 Å². The summed E-state index contributed by atoms with van der Waals surface area (Å²) in [6.45, 7) is 0. The standard InChI is InChI=1S/C12H12BrN3/c13-9-5-14-6-10-11(9)16(8-3-4-8)12(15-10)7-1-2-7/h5-8H,1-4H2. The average Bonchev–Trinajstić information content (AvgIpc) is 3.16. The van der Waals surface area contributed by atoms with Crippen molar-refractivity contribution in [1.82, 2.24) is 14.5 Å². The molecule has 2 fully saturated rings. The lowest BCUT2D eigenvalue weighted by Crippen LogP contribution is -2.00. The molecule has 2 aromatic heterocycles. The first-order valence-electron chi connectivity index (χ1n) is 5.86. The molecule has 4 heteroatoms. The van der Waals surface area contributed by atoms with Crippen molar-refractivity contribution in [3.05, 3.63) is 22.7 Å². The lowest BCUT2D eigenvalue weighted by Gasteiger charge is -2.07. The fourth-order valence-electron chi connectivity index (χ4n) is 2.36. The second-order valence-corrected chi connectivity index (χ2v) is 5.69. The first kappa shape index (κ1) is 9.16. The quantitative estimate of drug-likeness (QED) is 0.842. The third-order valence-electron chi connectivity index (χ3n) is 3.43. The Kier molecular flexibility index (Phi) is 1.76. The molecule has 2 heterocycles. The number of imidazole rings is 1. The highest BCUT2D eigenvalue weighted by atomic mass is 79.9. The SMILES string of the molecule is Brc1cncc2nc(C3CC3)n(C3CC3)c12. The Morgan fingerprint density at radius 2 is 2.00 bits per heavy atom. The van der Waals surface area contributed by atoms with Gasteiger partial charge in [0.15, 0.2) is 0 Å². The lowest BCUT2D eigenvalue weighted by molar-refractivity contribution is 0.702. The van der Waals surface area contributed by atoms with Crippen molar-refractivity contribution in [2.75, 3.05) is 0 Å². The van der Waals surface area contributed by atoms with Gasteiger partial charge < -0.3 is 4.57 Å². The maximum absolute atomic E-state index is 4.77. The summed E-state index contributed by atoms with van der Waals surface area (Å²) in [6, 6.07) is 0.694. The number of rotatable bonds is 2. The number of halogens is 1. The van der Waals surface area contributed by atoms with Crippen molar-refractivity contribution in [2.24, 2.45) is 0 Å². The van der Waals surface area contributed by atoms with Gasteiger partial charge in [0.2, 0.25) is 0 Å². The highest BCUT2D eigenvalue weighted by molar-refractivity contribution is 9.10. The molecular formula is C12H12BrN3. The molecule has 0 spiro atoms. The molecular weight excluding hydrogens is 266 g/mol. The molecule has 0 unspecified atom stereocenters. The van der Waals surface area contributed by atoms with Gasteiger partial charge in [0.25, 0.3) is 0 Å². The smallest absolute Gasteiger partial charge is 0.113 e. The summed E-state index contributed by atoms with van der Waals surface area (Å²) in [5.41, 5.74) is 2.29. The predicted molar refractivity (Wildman–Crippen MR) is 65.5 cm³/mol. The zero-order chi connectivity index (χ0) is 10.7. The Morgan fingerprint density at radius 3 is 2.69 bits per heavy atom. The normalized spacial score (nSPS) is 20.6. The zero-order valence-electron chi connectivity index (χ0n) is 8.86. The minimum absolute atomic E-state index is 0.694. The van der Waals surface area contributed by atoms with E-state index in [1.165, 1.54) is 37.0 Å². The van der Waals surface area contributed by atoms with Gasteiger partial charge in [0.1, 0.15) is 11.3 Å². The van der Waals surface area contributed by atoms with Crippen LogP contribution in [0.4, 0.5) is 0 Å². The van der Waals surface area contributed by atoms with Crippen molar-refractivity contribution in [1.29, 1.82) is 0 Å². The zero-order valence-corrected chi connectivity index (χ0v) is 10.4. The van der Waals surface area contributed by atoms with Crippen molar-refractivity contribution < 1.29 is 0 Å². The molecule has 0 bridgehead atoms. The monoisotopic (exact) mass is 277 g/mol. The fourth-order valence-corrected chi connectivity index (χ4v) is 2.87. The Bertz CT molecular complexity index is 567. The van der Waals surface area contributed by atoms with E-state index in [9.17, 15) is 0 Å². The Morgan fingerprint density at radius 1 is 1.19 bits per heavy atom. The molecule has 0 aromatic carbocycles. The molecule has 0 radical (unpaired) electrons. The van der Waals surface area contributed by atoms with E-state index < -0.39 is 0 Å². The Hall–Kier alpha value is -0.900. The molecule has 4 rings (SSSR count). The van der Waals surface area contributed by atoms with Crippen LogP contribution in [-0.2, 0) is 0 Å². The molecule has 2 saturated carbocycles. The van der Waals surface area contributed by atoms with Crippen molar-refractivity contribution in [2.45, 2.75) is 37.6 Å². The molecule has 0 saturated heterocycles. The number of nitrogens with zero attached hydrogens (tertiary/aromatic N) is 3. The second kappa shape index (κ2) is 3.06. The maximum Gasteiger partial charge on any atom is 0.113 e. The number of fused-ring (bicyclic) bond motifs is 1. The van der Waals surface area contributed by atoms with E-state index in [1.54, 1.807) is 0 Å². The number of hydrogen-bond donors (Lipinski definition) is 0. The van der Waals surface area contributed by atoms with E-state index >= 15 is 0 Å². The molecule has 82 valence electrons.